The van der Waals surface area contributed by atoms with Crippen LogP contribution in [0.15, 0.2) is 28.7 Å². The molecule has 0 aromatic heterocycles. The number of ether oxygens (including phenoxy) is 3. The lowest BCUT2D eigenvalue weighted by Gasteiger charge is -2.32. The van der Waals surface area contributed by atoms with Crippen molar-refractivity contribution < 1.29 is 19.0 Å². The molecule has 1 aliphatic heterocycles. The van der Waals surface area contributed by atoms with Crippen molar-refractivity contribution in [2.24, 2.45) is 0 Å². The van der Waals surface area contributed by atoms with Crippen LogP contribution in [0.3, 0.4) is 0 Å². The Morgan fingerprint density at radius 2 is 2.14 bits per heavy atom. The van der Waals surface area contributed by atoms with E-state index in [1.807, 2.05) is 12.1 Å². The molecule has 118 valence electrons. The van der Waals surface area contributed by atoms with Gasteiger partial charge in [-0.05, 0) is 17.7 Å². The molecule has 1 unspecified atom stereocenters. The zero-order valence-electron chi connectivity index (χ0n) is 11.8. The number of rotatable bonds is 4. The topological polar surface area (TPSA) is 48.0 Å². The number of carbonyl (C=O) groups is 1. The maximum absolute atomic E-state index is 10.9. The summed E-state index contributed by atoms with van der Waals surface area (Å²) >= 11 is 3.42. The molecule has 7 heteroatoms. The molecule has 1 atom stereocenters. The van der Waals surface area contributed by atoms with E-state index in [-0.39, 0.29) is 18.5 Å². The van der Waals surface area contributed by atoms with Crippen LogP contribution >= 0.6 is 28.3 Å². The van der Waals surface area contributed by atoms with Gasteiger partial charge in [0, 0.05) is 24.1 Å². The number of hydrogen-bond donors (Lipinski definition) is 0. The van der Waals surface area contributed by atoms with E-state index >= 15 is 0 Å². The van der Waals surface area contributed by atoms with Gasteiger partial charge in [-0.1, -0.05) is 28.1 Å². The third kappa shape index (κ3) is 5.82. The summed E-state index contributed by atoms with van der Waals surface area (Å²) in [6.45, 7) is 3.34. The summed E-state index contributed by atoms with van der Waals surface area (Å²) in [5.74, 6) is 0. The normalized spacial score (nSPS) is 18.7. The molecule has 0 bridgehead atoms. The molecule has 1 aromatic carbocycles. The van der Waals surface area contributed by atoms with Crippen molar-refractivity contribution in [2.45, 2.75) is 6.10 Å². The van der Waals surface area contributed by atoms with Crippen molar-refractivity contribution in [3.8, 4) is 0 Å². The highest BCUT2D eigenvalue weighted by atomic mass is 79.9. The largest absolute Gasteiger partial charge is 0.508 e. The lowest BCUT2D eigenvalue weighted by Crippen LogP contribution is -2.40. The average molecular weight is 381 g/mol. The Hall–Kier alpha value is -0.820. The maximum Gasteiger partial charge on any atom is 0.508 e. The van der Waals surface area contributed by atoms with E-state index in [0.29, 0.717) is 19.8 Å². The highest BCUT2D eigenvalue weighted by molar-refractivity contribution is 9.10. The third-order valence-electron chi connectivity index (χ3n) is 3.19. The monoisotopic (exact) mass is 379 g/mol. The number of nitrogens with zero attached hydrogens (tertiary/aromatic N) is 1. The minimum Gasteiger partial charge on any atom is -0.438 e. The van der Waals surface area contributed by atoms with Crippen molar-refractivity contribution in [3.05, 3.63) is 34.3 Å². The number of hydrogen-bond acceptors (Lipinski definition) is 5. The molecule has 0 amide bonds. The van der Waals surface area contributed by atoms with E-state index in [1.165, 1.54) is 7.11 Å². The van der Waals surface area contributed by atoms with Gasteiger partial charge >= 0.3 is 6.16 Å². The van der Waals surface area contributed by atoms with Crippen molar-refractivity contribution in [3.63, 3.8) is 0 Å². The molecular formula is C14H19BrClNO4. The number of carbonyl (C=O) groups excluding carboxylic acids is 1. The molecular weight excluding hydrogens is 362 g/mol. The van der Waals surface area contributed by atoms with Crippen molar-refractivity contribution in [2.75, 3.05) is 40.0 Å². The number of benzene rings is 1. The zero-order valence-corrected chi connectivity index (χ0v) is 14.2. The fourth-order valence-electron chi connectivity index (χ4n) is 2.10. The fourth-order valence-corrected chi connectivity index (χ4v) is 2.37. The summed E-state index contributed by atoms with van der Waals surface area (Å²) in [6.07, 6.45) is -0.572. The van der Waals surface area contributed by atoms with Gasteiger partial charge in [0.1, 0.15) is 6.61 Å². The standard InChI is InChI=1S/C14H18BrNO4.ClH/c1-18-14(17)20-9-7-16-6-8-19-13(10-16)11-2-4-12(15)5-3-11;/h2-5,13H,6-10H2,1H3;1H. The van der Waals surface area contributed by atoms with Gasteiger partial charge in [-0.15, -0.1) is 12.4 Å². The second kappa shape index (κ2) is 9.25. The molecule has 0 spiro atoms. The highest BCUT2D eigenvalue weighted by Crippen LogP contribution is 2.23. The summed E-state index contributed by atoms with van der Waals surface area (Å²) in [5.41, 5.74) is 1.16. The number of halogens is 2. The van der Waals surface area contributed by atoms with Crippen LogP contribution in [-0.2, 0) is 14.2 Å². The van der Waals surface area contributed by atoms with Crippen LogP contribution in [0.5, 0.6) is 0 Å². The van der Waals surface area contributed by atoms with Gasteiger partial charge in [0.15, 0.2) is 0 Å². The Morgan fingerprint density at radius 1 is 1.43 bits per heavy atom. The molecule has 0 saturated carbocycles. The summed E-state index contributed by atoms with van der Waals surface area (Å²) in [7, 11) is 1.31. The fraction of sp³-hybridized carbons (Fsp3) is 0.500. The Labute approximate surface area is 139 Å². The Balaban J connectivity index is 0.00000220. The molecule has 1 aromatic rings. The predicted octanol–water partition coefficient (Wildman–Crippen LogP) is 3.03. The second-order valence-electron chi connectivity index (χ2n) is 4.51. The summed E-state index contributed by atoms with van der Waals surface area (Å²) in [4.78, 5) is 13.1. The smallest absolute Gasteiger partial charge is 0.438 e. The van der Waals surface area contributed by atoms with E-state index in [1.54, 1.807) is 0 Å². The lowest BCUT2D eigenvalue weighted by atomic mass is 10.1. The van der Waals surface area contributed by atoms with E-state index in [9.17, 15) is 4.79 Å². The first kappa shape index (κ1) is 18.2. The molecule has 0 N–H and O–H groups in total. The molecule has 0 aliphatic carbocycles. The van der Waals surface area contributed by atoms with Gasteiger partial charge in [-0.3, -0.25) is 4.90 Å². The molecule has 0 radical (unpaired) electrons. The van der Waals surface area contributed by atoms with Crippen LogP contribution in [0, 0.1) is 0 Å². The van der Waals surface area contributed by atoms with Gasteiger partial charge in [-0.2, -0.15) is 0 Å². The number of methoxy groups -OCH3 is 1. The summed E-state index contributed by atoms with van der Waals surface area (Å²) < 4.78 is 16.2. The van der Waals surface area contributed by atoms with Gasteiger partial charge < -0.3 is 14.2 Å². The average Bonchev–Trinajstić information content (AvgIpc) is 2.48. The molecule has 1 aliphatic rings. The summed E-state index contributed by atoms with van der Waals surface area (Å²) in [6, 6.07) is 8.14. The zero-order chi connectivity index (χ0) is 14.4. The number of morpholine rings is 1. The highest BCUT2D eigenvalue weighted by Gasteiger charge is 2.21. The van der Waals surface area contributed by atoms with E-state index in [2.05, 4.69) is 37.7 Å². The predicted molar refractivity (Wildman–Crippen MR) is 84.9 cm³/mol. The molecule has 5 nitrogen and oxygen atoms in total. The van der Waals surface area contributed by atoms with Crippen LogP contribution in [0.25, 0.3) is 0 Å². The first-order chi connectivity index (χ1) is 9.69. The van der Waals surface area contributed by atoms with Crippen LogP contribution in [0.4, 0.5) is 4.79 Å². The van der Waals surface area contributed by atoms with E-state index < -0.39 is 6.16 Å². The van der Waals surface area contributed by atoms with Crippen molar-refractivity contribution in [1.29, 1.82) is 0 Å². The van der Waals surface area contributed by atoms with E-state index in [0.717, 1.165) is 23.1 Å². The van der Waals surface area contributed by atoms with Crippen LogP contribution < -0.4 is 0 Å². The van der Waals surface area contributed by atoms with Gasteiger partial charge in [0.05, 0.1) is 19.8 Å². The van der Waals surface area contributed by atoms with Crippen LogP contribution in [0.2, 0.25) is 0 Å². The van der Waals surface area contributed by atoms with Crippen molar-refractivity contribution in [1.82, 2.24) is 4.90 Å². The van der Waals surface area contributed by atoms with Crippen LogP contribution in [0.1, 0.15) is 11.7 Å². The Kier molecular flexibility index (Phi) is 8.03. The van der Waals surface area contributed by atoms with Gasteiger partial charge in [0.2, 0.25) is 0 Å². The Bertz CT molecular complexity index is 443. The SMILES string of the molecule is COC(=O)OCCN1CCOC(c2ccc(Br)cc2)C1.Cl. The molecule has 1 saturated heterocycles. The van der Waals surface area contributed by atoms with Gasteiger partial charge in [-0.25, -0.2) is 4.79 Å². The second-order valence-corrected chi connectivity index (χ2v) is 5.43. The van der Waals surface area contributed by atoms with Gasteiger partial charge in [0.25, 0.3) is 0 Å². The molecule has 1 heterocycles. The molecule has 1 fully saturated rings. The third-order valence-corrected chi connectivity index (χ3v) is 3.72. The summed E-state index contributed by atoms with van der Waals surface area (Å²) in [5, 5.41) is 0. The van der Waals surface area contributed by atoms with Crippen LogP contribution in [-0.4, -0.2) is 51.0 Å². The first-order valence-electron chi connectivity index (χ1n) is 6.49. The Morgan fingerprint density at radius 3 is 2.81 bits per heavy atom. The maximum atomic E-state index is 10.9. The minimum absolute atomic E-state index is 0. The quantitative estimate of drug-likeness (QED) is 0.752. The lowest BCUT2D eigenvalue weighted by molar-refractivity contribution is -0.0363. The van der Waals surface area contributed by atoms with Crippen molar-refractivity contribution >= 4 is 34.5 Å². The minimum atomic E-state index is -0.636. The van der Waals surface area contributed by atoms with E-state index in [4.69, 9.17) is 9.47 Å². The first-order valence-corrected chi connectivity index (χ1v) is 7.28. The molecule has 21 heavy (non-hydrogen) atoms. The molecule has 2 rings (SSSR count).